The molecule has 0 aromatic rings. The van der Waals surface area contributed by atoms with Crippen molar-refractivity contribution in [3.05, 3.63) is 0 Å². The first kappa shape index (κ1) is 26.8. The van der Waals surface area contributed by atoms with Gasteiger partial charge in [0.1, 0.15) is 18.1 Å². The van der Waals surface area contributed by atoms with Crippen molar-refractivity contribution in [2.45, 2.75) is 64.2 Å². The number of hydrogen-bond acceptors (Lipinski definition) is 7. The van der Waals surface area contributed by atoms with Gasteiger partial charge in [0.15, 0.2) is 0 Å². The van der Waals surface area contributed by atoms with E-state index in [1.54, 1.807) is 13.8 Å². The molecule has 0 heterocycles. The molecule has 9 N–H and O–H groups in total. The van der Waals surface area contributed by atoms with Crippen molar-refractivity contribution in [1.29, 1.82) is 0 Å². The van der Waals surface area contributed by atoms with Crippen LogP contribution in [-0.2, 0) is 28.8 Å². The summed E-state index contributed by atoms with van der Waals surface area (Å²) in [7, 11) is 0. The Morgan fingerprint density at radius 2 is 1.43 bits per heavy atom. The predicted octanol–water partition coefficient (Wildman–Crippen LogP) is -2.73. The molecule has 4 atom stereocenters. The van der Waals surface area contributed by atoms with Gasteiger partial charge in [-0.25, -0.2) is 4.79 Å². The van der Waals surface area contributed by atoms with Gasteiger partial charge in [-0.15, -0.1) is 0 Å². The SMILES string of the molecule is CC(C)[C@H](NC(=O)[C@H](C)NC(=O)[C@H](CCC(=O)O)NC(=O)[C@@H](N)CC(N)=O)C(=O)O. The summed E-state index contributed by atoms with van der Waals surface area (Å²) in [6.07, 6.45) is -1.27. The minimum absolute atomic E-state index is 0.311. The second-order valence-corrected chi connectivity index (χ2v) is 7.07. The van der Waals surface area contributed by atoms with Crippen LogP contribution in [0, 0.1) is 5.92 Å². The van der Waals surface area contributed by atoms with Crippen molar-refractivity contribution in [2.75, 3.05) is 0 Å². The Hall–Kier alpha value is -3.22. The first-order valence-electron chi connectivity index (χ1n) is 9.15. The molecule has 0 radical (unpaired) electrons. The Kier molecular flexibility index (Phi) is 11.0. The number of aliphatic carboxylic acids is 2. The quantitative estimate of drug-likeness (QED) is 0.160. The summed E-state index contributed by atoms with van der Waals surface area (Å²) in [5.74, 6) is -6.28. The molecule has 0 fully saturated rings. The third-order valence-electron chi connectivity index (χ3n) is 4.02. The summed E-state index contributed by atoms with van der Waals surface area (Å²) < 4.78 is 0. The highest BCUT2D eigenvalue weighted by Crippen LogP contribution is 2.04. The van der Waals surface area contributed by atoms with E-state index >= 15 is 0 Å². The molecule has 0 spiro atoms. The molecular formula is C17H29N5O8. The molecule has 0 saturated heterocycles. The van der Waals surface area contributed by atoms with Crippen LogP contribution < -0.4 is 27.4 Å². The highest BCUT2D eigenvalue weighted by Gasteiger charge is 2.29. The van der Waals surface area contributed by atoms with Gasteiger partial charge >= 0.3 is 11.9 Å². The van der Waals surface area contributed by atoms with Crippen molar-refractivity contribution < 1.29 is 39.0 Å². The third-order valence-corrected chi connectivity index (χ3v) is 4.02. The molecule has 0 aliphatic carbocycles. The Labute approximate surface area is 172 Å². The minimum Gasteiger partial charge on any atom is -0.481 e. The third kappa shape index (κ3) is 9.82. The van der Waals surface area contributed by atoms with Gasteiger partial charge in [-0.3, -0.25) is 24.0 Å². The van der Waals surface area contributed by atoms with Gasteiger partial charge in [0.25, 0.3) is 0 Å². The molecule has 0 rings (SSSR count). The molecule has 4 amide bonds. The standard InChI is InChI=1S/C17H29N5O8/c1-7(2)13(17(29)30)22-14(26)8(3)20-16(28)10(4-5-12(24)25)21-15(27)9(18)6-11(19)23/h7-10,13H,4-6,18H2,1-3H3,(H2,19,23)(H,20,28)(H,21,27)(H,22,26)(H,24,25)(H,29,30)/t8-,9-,10-,13-/m0/s1. The van der Waals surface area contributed by atoms with E-state index in [0.717, 1.165) is 0 Å². The summed E-state index contributed by atoms with van der Waals surface area (Å²) >= 11 is 0. The van der Waals surface area contributed by atoms with Crippen LogP contribution >= 0.6 is 0 Å². The maximum absolute atomic E-state index is 12.5. The fourth-order valence-electron chi connectivity index (χ4n) is 2.30. The van der Waals surface area contributed by atoms with Gasteiger partial charge in [0.05, 0.1) is 12.5 Å². The Morgan fingerprint density at radius 1 is 0.867 bits per heavy atom. The number of nitrogens with two attached hydrogens (primary N) is 2. The van der Waals surface area contributed by atoms with Crippen molar-refractivity contribution in [2.24, 2.45) is 17.4 Å². The lowest BCUT2D eigenvalue weighted by Crippen LogP contribution is -2.57. The van der Waals surface area contributed by atoms with Crippen molar-refractivity contribution in [1.82, 2.24) is 16.0 Å². The number of carboxylic acids is 2. The summed E-state index contributed by atoms with van der Waals surface area (Å²) in [4.78, 5) is 69.6. The molecule has 0 unspecified atom stereocenters. The van der Waals surface area contributed by atoms with Crippen LogP contribution in [0.4, 0.5) is 0 Å². The highest BCUT2D eigenvalue weighted by atomic mass is 16.4. The average molecular weight is 431 g/mol. The van der Waals surface area contributed by atoms with Crippen LogP contribution in [0.2, 0.25) is 0 Å². The second kappa shape index (κ2) is 12.4. The lowest BCUT2D eigenvalue weighted by atomic mass is 10.0. The van der Waals surface area contributed by atoms with Crippen LogP contribution in [0.1, 0.15) is 40.0 Å². The van der Waals surface area contributed by atoms with Crippen LogP contribution in [0.3, 0.4) is 0 Å². The molecule has 0 bridgehead atoms. The second-order valence-electron chi connectivity index (χ2n) is 7.07. The number of carboxylic acid groups (broad SMARTS) is 2. The van der Waals surface area contributed by atoms with Crippen molar-refractivity contribution in [3.63, 3.8) is 0 Å². The van der Waals surface area contributed by atoms with E-state index in [1.165, 1.54) is 6.92 Å². The minimum atomic E-state index is -1.36. The van der Waals surface area contributed by atoms with Crippen molar-refractivity contribution in [3.8, 4) is 0 Å². The zero-order chi connectivity index (χ0) is 23.6. The molecule has 0 aromatic heterocycles. The normalized spacial score (nSPS) is 14.7. The fraction of sp³-hybridized carbons (Fsp3) is 0.647. The van der Waals surface area contributed by atoms with Crippen molar-refractivity contribution >= 4 is 35.6 Å². The van der Waals surface area contributed by atoms with Crippen LogP contribution in [0.25, 0.3) is 0 Å². The monoisotopic (exact) mass is 431 g/mol. The molecule has 0 aromatic carbocycles. The van der Waals surface area contributed by atoms with Crippen LogP contribution in [-0.4, -0.2) is 69.9 Å². The van der Waals surface area contributed by atoms with E-state index in [0.29, 0.717) is 0 Å². The molecule has 13 nitrogen and oxygen atoms in total. The van der Waals surface area contributed by atoms with E-state index in [1.807, 2.05) is 0 Å². The molecule has 0 aliphatic rings. The number of carbonyl (C=O) groups is 6. The van der Waals surface area contributed by atoms with Crippen LogP contribution in [0.5, 0.6) is 0 Å². The topological polar surface area (TPSA) is 231 Å². The number of amides is 4. The van der Waals surface area contributed by atoms with Gasteiger partial charge in [-0.05, 0) is 19.3 Å². The summed E-state index contributed by atoms with van der Waals surface area (Å²) in [6, 6.07) is -5.05. The lowest BCUT2D eigenvalue weighted by molar-refractivity contribution is -0.143. The summed E-state index contributed by atoms with van der Waals surface area (Å²) in [5.41, 5.74) is 10.5. The average Bonchev–Trinajstić information content (AvgIpc) is 2.60. The highest BCUT2D eigenvalue weighted by molar-refractivity contribution is 5.95. The predicted molar refractivity (Wildman–Crippen MR) is 103 cm³/mol. The lowest BCUT2D eigenvalue weighted by Gasteiger charge is -2.24. The maximum atomic E-state index is 12.5. The Bertz CT molecular complexity index is 681. The van der Waals surface area contributed by atoms with Gasteiger partial charge in [-0.1, -0.05) is 13.8 Å². The van der Waals surface area contributed by atoms with E-state index in [-0.39, 0.29) is 6.42 Å². The van der Waals surface area contributed by atoms with E-state index < -0.39 is 78.5 Å². The van der Waals surface area contributed by atoms with E-state index in [4.69, 9.17) is 21.7 Å². The molecule has 0 aliphatic heterocycles. The van der Waals surface area contributed by atoms with E-state index in [9.17, 15) is 28.8 Å². The molecular weight excluding hydrogens is 402 g/mol. The van der Waals surface area contributed by atoms with Gasteiger partial charge in [0.2, 0.25) is 23.6 Å². The Morgan fingerprint density at radius 3 is 1.87 bits per heavy atom. The number of carbonyl (C=O) groups excluding carboxylic acids is 4. The van der Waals surface area contributed by atoms with E-state index in [2.05, 4.69) is 16.0 Å². The number of hydrogen-bond donors (Lipinski definition) is 7. The number of rotatable bonds is 13. The molecule has 13 heteroatoms. The zero-order valence-corrected chi connectivity index (χ0v) is 17.0. The maximum Gasteiger partial charge on any atom is 0.326 e. The summed E-state index contributed by atoms with van der Waals surface area (Å²) in [6.45, 7) is 4.48. The fourth-order valence-corrected chi connectivity index (χ4v) is 2.30. The Balaban J connectivity index is 5.15. The molecule has 30 heavy (non-hydrogen) atoms. The number of primary amides is 1. The smallest absolute Gasteiger partial charge is 0.326 e. The first-order chi connectivity index (χ1) is 13.8. The molecule has 170 valence electrons. The van der Waals surface area contributed by atoms with Gasteiger partial charge < -0.3 is 37.6 Å². The summed E-state index contributed by atoms with van der Waals surface area (Å²) in [5, 5.41) is 24.8. The number of nitrogens with one attached hydrogen (secondary N) is 3. The molecule has 0 saturated carbocycles. The zero-order valence-electron chi connectivity index (χ0n) is 17.0. The largest absolute Gasteiger partial charge is 0.481 e. The van der Waals surface area contributed by atoms with Crippen LogP contribution in [0.15, 0.2) is 0 Å². The van der Waals surface area contributed by atoms with Gasteiger partial charge in [-0.2, -0.15) is 0 Å². The first-order valence-corrected chi connectivity index (χ1v) is 9.15. The van der Waals surface area contributed by atoms with Gasteiger partial charge in [0, 0.05) is 6.42 Å².